The number of halogens is 3. The number of amides is 1. The summed E-state index contributed by atoms with van der Waals surface area (Å²) in [5, 5.41) is 12.4. The first-order chi connectivity index (χ1) is 12.5. The van der Waals surface area contributed by atoms with Gasteiger partial charge in [-0.2, -0.15) is 4.57 Å². The molecular formula is C16H19Cl3N3O4S+. The Bertz CT molecular complexity index is 741. The molecule has 2 aliphatic rings. The molecule has 2 aliphatic heterocycles. The Kier molecular flexibility index (Phi) is 5.76. The minimum atomic E-state index is -1.46. The Labute approximate surface area is 175 Å². The average Bonchev–Trinajstić information content (AvgIpc) is 2.81. The van der Waals surface area contributed by atoms with Crippen molar-refractivity contribution in [1.82, 2.24) is 4.90 Å². The van der Waals surface area contributed by atoms with Gasteiger partial charge in [-0.15, -0.1) is 11.8 Å². The van der Waals surface area contributed by atoms with Crippen molar-refractivity contribution in [2.45, 2.75) is 46.6 Å². The number of anilines is 1. The number of hydrogen-bond donors (Lipinski definition) is 2. The van der Waals surface area contributed by atoms with Crippen molar-refractivity contribution in [3.63, 3.8) is 0 Å². The van der Waals surface area contributed by atoms with Crippen molar-refractivity contribution in [2.75, 3.05) is 11.9 Å². The number of nitrogens with zero attached hydrogens (tertiary/aromatic N) is 2. The predicted molar refractivity (Wildman–Crippen MR) is 104 cm³/mol. The summed E-state index contributed by atoms with van der Waals surface area (Å²) in [5.41, 5.74) is 0.753. The Morgan fingerprint density at radius 1 is 1.41 bits per heavy atom. The number of fused-ring (bicyclic) bond motifs is 1. The summed E-state index contributed by atoms with van der Waals surface area (Å²) in [5.74, 6) is -1.18. The zero-order valence-electron chi connectivity index (χ0n) is 14.6. The molecule has 0 radical (unpaired) electrons. The molecule has 11 heteroatoms. The molecule has 148 valence electrons. The SMILES string of the molecule is CC1(C)SC2C(Nc3cc[n+](COCC(Cl)(Cl)Cl)cc3)C(=O)N2[C@H]1C(=O)O. The van der Waals surface area contributed by atoms with Gasteiger partial charge in [-0.25, -0.2) is 4.79 Å². The van der Waals surface area contributed by atoms with Gasteiger partial charge in [-0.05, 0) is 13.8 Å². The highest BCUT2D eigenvalue weighted by molar-refractivity contribution is 8.01. The van der Waals surface area contributed by atoms with Gasteiger partial charge in [-0.1, -0.05) is 34.8 Å². The van der Waals surface area contributed by atoms with Gasteiger partial charge in [0.05, 0.1) is 0 Å². The van der Waals surface area contributed by atoms with E-state index < -0.39 is 26.6 Å². The molecule has 1 amide bonds. The number of aliphatic carboxylic acids is 1. The number of thioether (sulfide) groups is 1. The number of β-lactam (4-membered cyclic amide) rings is 1. The highest BCUT2D eigenvalue weighted by atomic mass is 35.6. The molecule has 7 nitrogen and oxygen atoms in total. The number of carboxylic acids is 1. The minimum Gasteiger partial charge on any atom is -0.480 e. The molecule has 3 rings (SSSR count). The zero-order chi connectivity index (χ0) is 20.0. The van der Waals surface area contributed by atoms with Crippen molar-refractivity contribution in [3.8, 4) is 0 Å². The maximum atomic E-state index is 12.5. The van der Waals surface area contributed by atoms with E-state index in [9.17, 15) is 14.7 Å². The number of nitrogens with one attached hydrogen (secondary N) is 1. The van der Waals surface area contributed by atoms with Gasteiger partial charge in [0.2, 0.25) is 9.70 Å². The molecule has 3 heterocycles. The molecule has 0 bridgehead atoms. The van der Waals surface area contributed by atoms with Crippen LogP contribution in [0.5, 0.6) is 0 Å². The van der Waals surface area contributed by atoms with Crippen LogP contribution in [0.15, 0.2) is 24.5 Å². The van der Waals surface area contributed by atoms with Crippen LogP contribution >= 0.6 is 46.6 Å². The number of carbonyl (C=O) groups is 2. The number of pyridine rings is 1. The van der Waals surface area contributed by atoms with Crippen LogP contribution in [0.4, 0.5) is 5.69 Å². The summed E-state index contributed by atoms with van der Waals surface area (Å²) in [4.78, 5) is 25.5. The van der Waals surface area contributed by atoms with E-state index >= 15 is 0 Å². The van der Waals surface area contributed by atoms with E-state index in [4.69, 9.17) is 39.5 Å². The lowest BCUT2D eigenvalue weighted by Gasteiger charge is -2.43. The number of carboxylic acid groups (broad SMARTS) is 1. The molecule has 0 saturated carbocycles. The second-order valence-corrected chi connectivity index (χ2v) is 11.2. The second kappa shape index (κ2) is 7.48. The first-order valence-corrected chi connectivity index (χ1v) is 10.1. The minimum absolute atomic E-state index is 0.0312. The van der Waals surface area contributed by atoms with Crippen molar-refractivity contribution in [3.05, 3.63) is 24.5 Å². The third-order valence-electron chi connectivity index (χ3n) is 4.39. The molecule has 27 heavy (non-hydrogen) atoms. The van der Waals surface area contributed by atoms with Gasteiger partial charge in [0.25, 0.3) is 6.73 Å². The third-order valence-corrected chi connectivity index (χ3v) is 6.29. The summed E-state index contributed by atoms with van der Waals surface area (Å²) in [6, 6.07) is 2.34. The highest BCUT2D eigenvalue weighted by Crippen LogP contribution is 2.51. The monoisotopic (exact) mass is 454 g/mol. The maximum Gasteiger partial charge on any atom is 0.327 e. The van der Waals surface area contributed by atoms with E-state index in [-0.39, 0.29) is 24.6 Å². The summed E-state index contributed by atoms with van der Waals surface area (Å²) in [7, 11) is 0. The molecule has 3 atom stereocenters. The number of ether oxygens (including phenoxy) is 1. The molecule has 1 aromatic rings. The van der Waals surface area contributed by atoms with Crippen molar-refractivity contribution >= 4 is 64.1 Å². The largest absolute Gasteiger partial charge is 0.480 e. The number of alkyl halides is 3. The topological polar surface area (TPSA) is 82.8 Å². The van der Waals surface area contributed by atoms with E-state index in [0.717, 1.165) is 5.69 Å². The lowest BCUT2D eigenvalue weighted by atomic mass is 9.96. The molecule has 0 aromatic carbocycles. The number of hydrogen-bond acceptors (Lipinski definition) is 5. The second-order valence-electron chi connectivity index (χ2n) is 6.91. The summed E-state index contributed by atoms with van der Waals surface area (Å²) in [6.07, 6.45) is 3.54. The fraction of sp³-hybridized carbons (Fsp3) is 0.562. The van der Waals surface area contributed by atoms with Gasteiger partial charge in [0, 0.05) is 22.6 Å². The van der Waals surface area contributed by atoms with E-state index in [2.05, 4.69) is 5.32 Å². The molecule has 2 fully saturated rings. The van der Waals surface area contributed by atoms with Crippen LogP contribution in [-0.4, -0.2) is 54.5 Å². The number of rotatable bonds is 6. The Hall–Kier alpha value is -0.930. The first kappa shape index (κ1) is 20.8. The van der Waals surface area contributed by atoms with E-state index in [1.165, 1.54) is 16.7 Å². The van der Waals surface area contributed by atoms with Gasteiger partial charge in [0.15, 0.2) is 12.4 Å². The maximum absolute atomic E-state index is 12.5. The normalized spacial score (nSPS) is 26.5. The zero-order valence-corrected chi connectivity index (χ0v) is 17.6. The van der Waals surface area contributed by atoms with Gasteiger partial charge in [0.1, 0.15) is 24.1 Å². The fourth-order valence-corrected chi connectivity index (χ4v) is 5.09. The smallest absolute Gasteiger partial charge is 0.327 e. The fourth-order valence-electron chi connectivity index (χ4n) is 3.23. The van der Waals surface area contributed by atoms with Crippen LogP contribution in [0.1, 0.15) is 13.8 Å². The van der Waals surface area contributed by atoms with Crippen LogP contribution < -0.4 is 9.88 Å². The Morgan fingerprint density at radius 2 is 2.04 bits per heavy atom. The quantitative estimate of drug-likeness (QED) is 0.389. The average molecular weight is 456 g/mol. The highest BCUT2D eigenvalue weighted by Gasteiger charge is 2.63. The van der Waals surface area contributed by atoms with E-state index in [1.807, 2.05) is 13.8 Å². The standard InChI is InChI=1S/C16H18Cl3N3O4S/c1-15(2)11(14(24)25)22-12(23)10(13(22)27-15)20-9-3-5-21(6-4-9)8-26-7-16(17,18)19/h3-6,10-11,13H,7-8H2,1-2H3,(H,24,25)/p+1/t10?,11-,13?/m0/s1. The van der Waals surface area contributed by atoms with Crippen molar-refractivity contribution < 1.29 is 24.0 Å². The van der Waals surface area contributed by atoms with Gasteiger partial charge in [-0.3, -0.25) is 4.79 Å². The number of carbonyl (C=O) groups excluding carboxylic acids is 1. The summed E-state index contributed by atoms with van der Waals surface area (Å²) >= 11 is 18.4. The molecular weight excluding hydrogens is 437 g/mol. The van der Waals surface area contributed by atoms with Crippen molar-refractivity contribution in [2.24, 2.45) is 0 Å². The van der Waals surface area contributed by atoms with Crippen molar-refractivity contribution in [1.29, 1.82) is 0 Å². The lowest BCUT2D eigenvalue weighted by molar-refractivity contribution is -0.732. The number of aromatic nitrogens is 1. The van der Waals surface area contributed by atoms with Crippen LogP contribution in [0.3, 0.4) is 0 Å². The van der Waals surface area contributed by atoms with Crippen LogP contribution in [0, 0.1) is 0 Å². The van der Waals surface area contributed by atoms with Crippen LogP contribution in [0.2, 0.25) is 0 Å². The van der Waals surface area contributed by atoms with Crippen LogP contribution in [-0.2, 0) is 21.1 Å². The lowest BCUT2D eigenvalue weighted by Crippen LogP contribution is -2.68. The first-order valence-electron chi connectivity index (χ1n) is 8.12. The molecule has 1 aromatic heterocycles. The molecule has 2 N–H and O–H groups in total. The van der Waals surface area contributed by atoms with Gasteiger partial charge >= 0.3 is 5.97 Å². The summed E-state index contributed by atoms with van der Waals surface area (Å²) < 4.78 is 5.05. The van der Waals surface area contributed by atoms with Crippen LogP contribution in [0.25, 0.3) is 0 Å². The van der Waals surface area contributed by atoms with Gasteiger partial charge < -0.3 is 20.1 Å². The molecule has 2 unspecified atom stereocenters. The van der Waals surface area contributed by atoms with E-state index in [1.54, 1.807) is 29.1 Å². The molecule has 2 saturated heterocycles. The molecule has 0 aliphatic carbocycles. The third kappa shape index (κ3) is 4.40. The predicted octanol–water partition coefficient (Wildman–Crippen LogP) is 2.25. The molecule has 0 spiro atoms. The van der Waals surface area contributed by atoms with E-state index in [0.29, 0.717) is 0 Å². The Balaban J connectivity index is 1.59. The Morgan fingerprint density at radius 3 is 2.59 bits per heavy atom. The summed E-state index contributed by atoms with van der Waals surface area (Å²) in [6.45, 7) is 3.89.